The number of carbonyl (C=O) groups excluding carboxylic acids is 1. The summed E-state index contributed by atoms with van der Waals surface area (Å²) < 4.78 is 1.01. The number of anilines is 1. The molecule has 3 N–H and O–H groups in total. The summed E-state index contributed by atoms with van der Waals surface area (Å²) in [4.78, 5) is 27.0. The molecule has 0 unspecified atom stereocenters. The summed E-state index contributed by atoms with van der Waals surface area (Å²) in [7, 11) is 0. The summed E-state index contributed by atoms with van der Waals surface area (Å²) in [5.74, 6) is -1.13. The van der Waals surface area contributed by atoms with Gasteiger partial charge in [-0.25, -0.2) is 9.78 Å². The average Bonchev–Trinajstić information content (AvgIpc) is 3.06. The molecule has 0 spiro atoms. The monoisotopic (exact) mass is 305 g/mol. The number of thiazole rings is 1. The summed E-state index contributed by atoms with van der Waals surface area (Å²) in [6, 6.07) is 5.17. The Kier molecular flexibility index (Phi) is 3.74. The minimum Gasteiger partial charge on any atom is -0.481 e. The number of rotatable bonds is 3. The lowest BCUT2D eigenvalue weighted by Gasteiger charge is -2.13. The minimum absolute atomic E-state index is 0.0711. The quantitative estimate of drug-likeness (QED) is 0.813. The van der Waals surface area contributed by atoms with Crippen molar-refractivity contribution in [1.82, 2.24) is 10.3 Å². The summed E-state index contributed by atoms with van der Waals surface area (Å²) >= 11 is 1.52. The van der Waals surface area contributed by atoms with E-state index in [0.717, 1.165) is 10.2 Å². The molecule has 1 aromatic carbocycles. The third-order valence-corrected chi connectivity index (χ3v) is 4.50. The van der Waals surface area contributed by atoms with Crippen LogP contribution in [0.5, 0.6) is 0 Å². The van der Waals surface area contributed by atoms with Gasteiger partial charge < -0.3 is 15.7 Å². The van der Waals surface area contributed by atoms with E-state index < -0.39 is 5.97 Å². The first-order valence-electron chi connectivity index (χ1n) is 6.75. The SMILES string of the molecule is O=C(Nc1ccc2ncsc2c1)N[C@H]1CC[C@@H](C(=O)O)C1. The molecule has 2 amide bonds. The third kappa shape index (κ3) is 3.13. The zero-order valence-corrected chi connectivity index (χ0v) is 12.0. The molecule has 21 heavy (non-hydrogen) atoms. The number of urea groups is 1. The van der Waals surface area contributed by atoms with E-state index >= 15 is 0 Å². The van der Waals surface area contributed by atoms with E-state index in [9.17, 15) is 9.59 Å². The van der Waals surface area contributed by atoms with Crippen molar-refractivity contribution in [2.24, 2.45) is 5.92 Å². The maximum Gasteiger partial charge on any atom is 0.319 e. The summed E-state index contributed by atoms with van der Waals surface area (Å²) in [6.45, 7) is 0. The number of hydrogen-bond acceptors (Lipinski definition) is 4. The number of aliphatic carboxylic acids is 1. The fourth-order valence-electron chi connectivity index (χ4n) is 2.62. The number of carboxylic acid groups (broad SMARTS) is 1. The van der Waals surface area contributed by atoms with Gasteiger partial charge in [0.25, 0.3) is 0 Å². The fourth-order valence-corrected chi connectivity index (χ4v) is 3.34. The molecule has 1 heterocycles. The molecule has 1 fully saturated rings. The average molecular weight is 305 g/mol. The van der Waals surface area contributed by atoms with E-state index in [1.807, 2.05) is 12.1 Å². The van der Waals surface area contributed by atoms with Crippen LogP contribution in [-0.4, -0.2) is 28.1 Å². The predicted octanol–water partition coefficient (Wildman–Crippen LogP) is 2.67. The van der Waals surface area contributed by atoms with Crippen molar-refractivity contribution in [2.45, 2.75) is 25.3 Å². The molecule has 2 atom stereocenters. The van der Waals surface area contributed by atoms with E-state index in [0.29, 0.717) is 24.9 Å². The van der Waals surface area contributed by atoms with Crippen LogP contribution in [-0.2, 0) is 4.79 Å². The first-order chi connectivity index (χ1) is 10.1. The molecule has 0 aliphatic heterocycles. The Labute approximate surface area is 125 Å². The second kappa shape index (κ2) is 5.69. The lowest BCUT2D eigenvalue weighted by Crippen LogP contribution is -2.36. The van der Waals surface area contributed by atoms with Crippen LogP contribution in [0.15, 0.2) is 23.7 Å². The highest BCUT2D eigenvalue weighted by atomic mass is 32.1. The number of fused-ring (bicyclic) bond motifs is 1. The van der Waals surface area contributed by atoms with Crippen molar-refractivity contribution in [3.05, 3.63) is 23.7 Å². The molecule has 6 nitrogen and oxygen atoms in total. The number of benzene rings is 1. The highest BCUT2D eigenvalue weighted by Crippen LogP contribution is 2.26. The highest BCUT2D eigenvalue weighted by molar-refractivity contribution is 7.16. The molecule has 0 radical (unpaired) electrons. The second-order valence-corrected chi connectivity index (χ2v) is 6.06. The molecule has 1 aromatic heterocycles. The van der Waals surface area contributed by atoms with E-state index in [1.165, 1.54) is 11.3 Å². The van der Waals surface area contributed by atoms with Crippen molar-refractivity contribution in [3.63, 3.8) is 0 Å². The molecule has 2 aromatic rings. The topological polar surface area (TPSA) is 91.3 Å². The zero-order chi connectivity index (χ0) is 14.8. The molecule has 0 saturated heterocycles. The van der Waals surface area contributed by atoms with E-state index in [2.05, 4.69) is 15.6 Å². The second-order valence-electron chi connectivity index (χ2n) is 5.18. The van der Waals surface area contributed by atoms with Crippen molar-refractivity contribution in [1.29, 1.82) is 0 Å². The molecule has 3 rings (SSSR count). The molecular weight excluding hydrogens is 290 g/mol. The van der Waals surface area contributed by atoms with Crippen LogP contribution in [0, 0.1) is 5.92 Å². The van der Waals surface area contributed by atoms with Crippen LogP contribution in [0.1, 0.15) is 19.3 Å². The number of carbonyl (C=O) groups is 2. The van der Waals surface area contributed by atoms with Gasteiger partial charge in [0.15, 0.2) is 0 Å². The standard InChI is InChI=1S/C14H15N3O3S/c18-13(19)8-1-2-9(5-8)16-14(20)17-10-3-4-11-12(6-10)21-7-15-11/h3-4,6-9H,1-2,5H2,(H,18,19)(H2,16,17,20)/t8-,9+/m1/s1. The number of nitrogens with one attached hydrogen (secondary N) is 2. The number of amides is 2. The molecule has 1 aliphatic rings. The minimum atomic E-state index is -0.782. The van der Waals surface area contributed by atoms with E-state index in [1.54, 1.807) is 11.6 Å². The number of nitrogens with zero attached hydrogens (tertiary/aromatic N) is 1. The van der Waals surface area contributed by atoms with Gasteiger partial charge in [0.1, 0.15) is 0 Å². The lowest BCUT2D eigenvalue weighted by molar-refractivity contribution is -0.141. The van der Waals surface area contributed by atoms with Gasteiger partial charge in [-0.3, -0.25) is 4.79 Å². The summed E-state index contributed by atoms with van der Waals surface area (Å²) in [5, 5.41) is 14.6. The maximum absolute atomic E-state index is 11.9. The van der Waals surface area contributed by atoms with Gasteiger partial charge in [-0.1, -0.05) is 0 Å². The first-order valence-corrected chi connectivity index (χ1v) is 7.63. The third-order valence-electron chi connectivity index (χ3n) is 3.71. The van der Waals surface area contributed by atoms with Crippen molar-refractivity contribution in [3.8, 4) is 0 Å². The van der Waals surface area contributed by atoms with Crippen LogP contribution in [0.4, 0.5) is 10.5 Å². The number of hydrogen-bond donors (Lipinski definition) is 3. The number of carboxylic acids is 1. The van der Waals surface area contributed by atoms with Gasteiger partial charge in [0, 0.05) is 11.7 Å². The van der Waals surface area contributed by atoms with Crippen molar-refractivity contribution >= 4 is 39.2 Å². The zero-order valence-electron chi connectivity index (χ0n) is 11.2. The van der Waals surface area contributed by atoms with Crippen LogP contribution in [0.2, 0.25) is 0 Å². The van der Waals surface area contributed by atoms with Gasteiger partial charge in [0.05, 0.1) is 21.6 Å². The largest absolute Gasteiger partial charge is 0.481 e. The lowest BCUT2D eigenvalue weighted by atomic mass is 10.1. The molecule has 110 valence electrons. The smallest absolute Gasteiger partial charge is 0.319 e. The van der Waals surface area contributed by atoms with Gasteiger partial charge in [-0.2, -0.15) is 0 Å². The summed E-state index contributed by atoms with van der Waals surface area (Å²) in [6.07, 6.45) is 1.82. The highest BCUT2D eigenvalue weighted by Gasteiger charge is 2.30. The Balaban J connectivity index is 1.58. The van der Waals surface area contributed by atoms with Gasteiger partial charge in [-0.05, 0) is 37.5 Å². The molecule has 1 aliphatic carbocycles. The normalized spacial score (nSPS) is 21.3. The van der Waals surface area contributed by atoms with E-state index in [-0.39, 0.29) is 18.0 Å². The van der Waals surface area contributed by atoms with Crippen molar-refractivity contribution < 1.29 is 14.7 Å². The fraction of sp³-hybridized carbons (Fsp3) is 0.357. The molecular formula is C14H15N3O3S. The Bertz CT molecular complexity index is 685. The van der Waals surface area contributed by atoms with Crippen molar-refractivity contribution in [2.75, 3.05) is 5.32 Å². The van der Waals surface area contributed by atoms with Crippen LogP contribution in [0.25, 0.3) is 10.2 Å². The molecule has 7 heteroatoms. The first kappa shape index (κ1) is 13.8. The summed E-state index contributed by atoms with van der Waals surface area (Å²) in [5.41, 5.74) is 3.38. The van der Waals surface area contributed by atoms with Crippen LogP contribution >= 0.6 is 11.3 Å². The number of aromatic nitrogens is 1. The molecule has 1 saturated carbocycles. The Morgan fingerprint density at radius 3 is 2.95 bits per heavy atom. The van der Waals surface area contributed by atoms with Crippen LogP contribution < -0.4 is 10.6 Å². The molecule has 0 bridgehead atoms. The predicted molar refractivity (Wildman–Crippen MR) is 80.5 cm³/mol. The van der Waals surface area contributed by atoms with E-state index in [4.69, 9.17) is 5.11 Å². The Morgan fingerprint density at radius 2 is 2.19 bits per heavy atom. The van der Waals surface area contributed by atoms with Gasteiger partial charge >= 0.3 is 12.0 Å². The Hall–Kier alpha value is -2.15. The van der Waals surface area contributed by atoms with Gasteiger partial charge in [0.2, 0.25) is 0 Å². The Morgan fingerprint density at radius 1 is 1.33 bits per heavy atom. The van der Waals surface area contributed by atoms with Crippen LogP contribution in [0.3, 0.4) is 0 Å². The van der Waals surface area contributed by atoms with Gasteiger partial charge in [-0.15, -0.1) is 11.3 Å². The maximum atomic E-state index is 11.9.